The number of aromatic amines is 1. The Morgan fingerprint density at radius 1 is 1.25 bits per heavy atom. The summed E-state index contributed by atoms with van der Waals surface area (Å²) in [5.74, 6) is 0.0769. The maximum atomic E-state index is 12.9. The minimum atomic E-state index is -0.262. The molecule has 120 valence electrons. The van der Waals surface area contributed by atoms with Gasteiger partial charge >= 0.3 is 0 Å². The summed E-state index contributed by atoms with van der Waals surface area (Å²) in [6, 6.07) is 7.81. The molecule has 3 heterocycles. The number of aromatic nitrogens is 5. The second kappa shape index (κ2) is 5.76. The van der Waals surface area contributed by atoms with E-state index in [1.807, 2.05) is 38.2 Å². The Labute approximate surface area is 142 Å². The molecule has 3 aromatic heterocycles. The molecule has 24 heavy (non-hydrogen) atoms. The number of hydrogen-bond acceptors (Lipinski definition) is 5. The molecular formula is C17H15N5OS. The first-order chi connectivity index (χ1) is 11.6. The van der Waals surface area contributed by atoms with Gasteiger partial charge < -0.3 is 4.98 Å². The summed E-state index contributed by atoms with van der Waals surface area (Å²) in [6.45, 7) is 1.90. The second-order valence-electron chi connectivity index (χ2n) is 5.56. The van der Waals surface area contributed by atoms with Crippen LogP contribution in [-0.2, 0) is 7.05 Å². The number of fused-ring (bicyclic) bond motifs is 2. The van der Waals surface area contributed by atoms with Gasteiger partial charge in [0.1, 0.15) is 11.4 Å². The van der Waals surface area contributed by atoms with Crippen molar-refractivity contribution in [1.82, 2.24) is 24.7 Å². The van der Waals surface area contributed by atoms with Crippen LogP contribution in [-0.4, -0.2) is 35.8 Å². The average molecular weight is 337 g/mol. The van der Waals surface area contributed by atoms with Gasteiger partial charge in [-0.2, -0.15) is 5.10 Å². The summed E-state index contributed by atoms with van der Waals surface area (Å²) in [4.78, 5) is 24.6. The molecule has 0 spiro atoms. The van der Waals surface area contributed by atoms with E-state index in [1.165, 1.54) is 18.1 Å². The van der Waals surface area contributed by atoms with Crippen molar-refractivity contribution < 1.29 is 4.79 Å². The predicted molar refractivity (Wildman–Crippen MR) is 94.3 cm³/mol. The van der Waals surface area contributed by atoms with Gasteiger partial charge in [-0.3, -0.25) is 9.48 Å². The Balaban J connectivity index is 1.66. The first-order valence-electron chi connectivity index (χ1n) is 7.55. The third-order valence-corrected chi connectivity index (χ3v) is 5.12. The highest BCUT2D eigenvalue weighted by molar-refractivity contribution is 8.00. The zero-order chi connectivity index (χ0) is 16.7. The number of para-hydroxylation sites is 1. The molecule has 0 aliphatic carbocycles. The zero-order valence-corrected chi connectivity index (χ0v) is 14.0. The highest BCUT2D eigenvalue weighted by Crippen LogP contribution is 2.30. The van der Waals surface area contributed by atoms with Crippen LogP contribution in [0.5, 0.6) is 0 Å². The van der Waals surface area contributed by atoms with Gasteiger partial charge in [-0.05, 0) is 13.0 Å². The molecule has 0 aliphatic heterocycles. The molecule has 7 heteroatoms. The maximum Gasteiger partial charge on any atom is 0.178 e. The summed E-state index contributed by atoms with van der Waals surface area (Å²) in [7, 11) is 1.84. The lowest BCUT2D eigenvalue weighted by Crippen LogP contribution is -2.13. The molecule has 6 nitrogen and oxygen atoms in total. The third kappa shape index (κ3) is 2.37. The zero-order valence-electron chi connectivity index (χ0n) is 13.2. The number of H-pyrrole nitrogens is 1. The first kappa shape index (κ1) is 14.9. The molecule has 0 radical (unpaired) electrons. The van der Waals surface area contributed by atoms with E-state index in [0.717, 1.165) is 27.0 Å². The third-order valence-electron chi connectivity index (χ3n) is 4.01. The molecule has 0 amide bonds. The average Bonchev–Trinajstić information content (AvgIpc) is 3.19. The van der Waals surface area contributed by atoms with Gasteiger partial charge in [0.05, 0.1) is 16.8 Å². The molecule has 0 saturated heterocycles. The Bertz CT molecular complexity index is 1050. The maximum absolute atomic E-state index is 12.9. The monoisotopic (exact) mass is 337 g/mol. The number of nitrogens with one attached hydrogen (secondary N) is 1. The number of carbonyl (C=O) groups is 1. The lowest BCUT2D eigenvalue weighted by atomic mass is 10.1. The van der Waals surface area contributed by atoms with Crippen LogP contribution in [0.15, 0.2) is 48.0 Å². The fourth-order valence-corrected chi connectivity index (χ4v) is 3.70. The van der Waals surface area contributed by atoms with E-state index in [-0.39, 0.29) is 11.0 Å². The van der Waals surface area contributed by atoms with Crippen molar-refractivity contribution in [3.05, 3.63) is 48.5 Å². The van der Waals surface area contributed by atoms with Crippen LogP contribution in [0.2, 0.25) is 0 Å². The van der Waals surface area contributed by atoms with Crippen molar-refractivity contribution in [2.75, 3.05) is 0 Å². The lowest BCUT2D eigenvalue weighted by molar-refractivity contribution is 0.0995. The van der Waals surface area contributed by atoms with Crippen molar-refractivity contribution >= 4 is 39.5 Å². The molecule has 0 fully saturated rings. The van der Waals surface area contributed by atoms with Gasteiger partial charge in [-0.1, -0.05) is 30.0 Å². The molecule has 0 unspecified atom stereocenters. The molecule has 1 aromatic carbocycles. The van der Waals surface area contributed by atoms with Crippen molar-refractivity contribution in [2.45, 2.75) is 17.2 Å². The van der Waals surface area contributed by atoms with Crippen LogP contribution < -0.4 is 0 Å². The summed E-state index contributed by atoms with van der Waals surface area (Å²) < 4.78 is 1.70. The van der Waals surface area contributed by atoms with Gasteiger partial charge in [0.2, 0.25) is 0 Å². The number of rotatable bonds is 4. The van der Waals surface area contributed by atoms with Gasteiger partial charge in [-0.25, -0.2) is 9.97 Å². The van der Waals surface area contributed by atoms with Crippen molar-refractivity contribution in [3.8, 4) is 0 Å². The van der Waals surface area contributed by atoms with Gasteiger partial charge in [-0.15, -0.1) is 0 Å². The number of Topliss-reactive ketones (excluding diaryl/α,β-unsaturated/α-hetero) is 1. The van der Waals surface area contributed by atoms with Crippen LogP contribution in [0.25, 0.3) is 21.9 Å². The number of hydrogen-bond donors (Lipinski definition) is 1. The van der Waals surface area contributed by atoms with Crippen molar-refractivity contribution in [1.29, 1.82) is 0 Å². The summed E-state index contributed by atoms with van der Waals surface area (Å²) >= 11 is 1.43. The number of ketones is 1. The van der Waals surface area contributed by atoms with E-state index in [0.29, 0.717) is 5.56 Å². The molecule has 1 atom stereocenters. The molecule has 0 aliphatic rings. The van der Waals surface area contributed by atoms with E-state index >= 15 is 0 Å². The minimum absolute atomic E-state index is 0.0769. The number of carbonyl (C=O) groups excluding carboxylic acids is 1. The minimum Gasteiger partial charge on any atom is -0.360 e. The van der Waals surface area contributed by atoms with Gasteiger partial charge in [0.15, 0.2) is 11.4 Å². The molecule has 0 saturated carbocycles. The normalized spacial score (nSPS) is 12.8. The van der Waals surface area contributed by atoms with Crippen LogP contribution in [0.1, 0.15) is 17.3 Å². The van der Waals surface area contributed by atoms with E-state index in [9.17, 15) is 4.79 Å². The largest absolute Gasteiger partial charge is 0.360 e. The highest BCUT2D eigenvalue weighted by atomic mass is 32.2. The van der Waals surface area contributed by atoms with Crippen LogP contribution in [0.3, 0.4) is 0 Å². The second-order valence-corrected chi connectivity index (χ2v) is 6.89. The number of nitrogens with zero attached hydrogens (tertiary/aromatic N) is 4. The molecule has 1 N–H and O–H groups in total. The van der Waals surface area contributed by atoms with Gasteiger partial charge in [0, 0.05) is 29.7 Å². The Hall–Kier alpha value is -2.67. The standard InChI is InChI=1S/C17H15N5OS/c1-10(15(23)12-7-18-14-6-4-3-5-11(12)14)24-17-13-8-21-22(2)16(13)19-9-20-17/h3-10,18H,1-2H3/t10-/m1/s1. The summed E-state index contributed by atoms with van der Waals surface area (Å²) in [5, 5.41) is 6.53. The fourth-order valence-electron chi connectivity index (χ4n) is 2.75. The van der Waals surface area contributed by atoms with Crippen LogP contribution in [0.4, 0.5) is 0 Å². The number of thioether (sulfide) groups is 1. The summed E-state index contributed by atoms with van der Waals surface area (Å²) in [5.41, 5.74) is 2.44. The van der Waals surface area contributed by atoms with E-state index in [1.54, 1.807) is 17.1 Å². The number of aryl methyl sites for hydroxylation is 1. The Morgan fingerprint density at radius 3 is 2.96 bits per heavy atom. The Kier molecular flexibility index (Phi) is 3.57. The van der Waals surface area contributed by atoms with Crippen molar-refractivity contribution in [3.63, 3.8) is 0 Å². The lowest BCUT2D eigenvalue weighted by Gasteiger charge is -2.09. The number of benzene rings is 1. The van der Waals surface area contributed by atoms with Gasteiger partial charge in [0.25, 0.3) is 0 Å². The van der Waals surface area contributed by atoms with Crippen molar-refractivity contribution in [2.24, 2.45) is 7.05 Å². The van der Waals surface area contributed by atoms with E-state index < -0.39 is 0 Å². The first-order valence-corrected chi connectivity index (χ1v) is 8.43. The highest BCUT2D eigenvalue weighted by Gasteiger charge is 2.21. The van der Waals surface area contributed by atoms with Crippen LogP contribution in [0, 0.1) is 0 Å². The Morgan fingerprint density at radius 2 is 2.08 bits per heavy atom. The van der Waals surface area contributed by atoms with E-state index in [2.05, 4.69) is 20.1 Å². The fraction of sp³-hybridized carbons (Fsp3) is 0.176. The smallest absolute Gasteiger partial charge is 0.178 e. The van der Waals surface area contributed by atoms with Crippen LogP contribution >= 0.6 is 11.8 Å². The quantitative estimate of drug-likeness (QED) is 0.351. The summed E-state index contributed by atoms with van der Waals surface area (Å²) in [6.07, 6.45) is 5.03. The molecule has 4 aromatic rings. The molecule has 0 bridgehead atoms. The molecular weight excluding hydrogens is 322 g/mol. The van der Waals surface area contributed by atoms with E-state index in [4.69, 9.17) is 0 Å². The molecule has 4 rings (SSSR count). The topological polar surface area (TPSA) is 76.5 Å². The predicted octanol–water partition coefficient (Wildman–Crippen LogP) is 3.21. The SMILES string of the molecule is C[C@@H](Sc1ncnc2c1cnn2C)C(=O)c1c[nH]c2ccccc12.